The van der Waals surface area contributed by atoms with E-state index in [2.05, 4.69) is 31.7 Å². The number of hydrogen-bond acceptors (Lipinski definition) is 3. The number of anilines is 1. The van der Waals surface area contributed by atoms with Gasteiger partial charge in [0.05, 0.1) is 0 Å². The summed E-state index contributed by atoms with van der Waals surface area (Å²) >= 11 is 0. The summed E-state index contributed by atoms with van der Waals surface area (Å²) in [5.41, 5.74) is 2.03. The first-order valence-corrected chi connectivity index (χ1v) is 9.27. The Morgan fingerprint density at radius 2 is 2.00 bits per heavy atom. The maximum Gasteiger partial charge on any atom is 0.129 e. The molecule has 0 spiro atoms. The molecule has 2 aliphatic heterocycles. The van der Waals surface area contributed by atoms with E-state index in [0.29, 0.717) is 5.75 Å². The van der Waals surface area contributed by atoms with Crippen LogP contribution >= 0.6 is 0 Å². The number of ether oxygens (including phenoxy) is 1. The molecule has 0 aliphatic carbocycles. The molecule has 1 atom stereocenters. The SMILES string of the molecule is CC(C)CCCC1(C)CCc2c(O)cc(N3CCCC3)cc2O1. The standard InChI is InChI=1S/C20H31NO2/c1-15(2)7-6-9-20(3)10-8-17-18(22)13-16(14-19(17)23-20)21-11-4-5-12-21/h13-15,22H,4-12H2,1-3H3. The van der Waals surface area contributed by atoms with Crippen LogP contribution in [0, 0.1) is 5.92 Å². The van der Waals surface area contributed by atoms with Gasteiger partial charge in [0, 0.05) is 36.5 Å². The summed E-state index contributed by atoms with van der Waals surface area (Å²) in [7, 11) is 0. The molecular weight excluding hydrogens is 286 g/mol. The number of hydrogen-bond donors (Lipinski definition) is 1. The largest absolute Gasteiger partial charge is 0.507 e. The van der Waals surface area contributed by atoms with Gasteiger partial charge in [-0.25, -0.2) is 0 Å². The summed E-state index contributed by atoms with van der Waals surface area (Å²) in [5, 5.41) is 10.4. The summed E-state index contributed by atoms with van der Waals surface area (Å²) in [5.74, 6) is 2.07. The van der Waals surface area contributed by atoms with Crippen molar-refractivity contribution >= 4 is 5.69 Å². The van der Waals surface area contributed by atoms with Crippen LogP contribution in [0.25, 0.3) is 0 Å². The Balaban J connectivity index is 1.75. The Kier molecular flexibility index (Phi) is 4.74. The first kappa shape index (κ1) is 16.5. The molecule has 1 saturated heterocycles. The fraction of sp³-hybridized carbons (Fsp3) is 0.700. The van der Waals surface area contributed by atoms with E-state index in [1.54, 1.807) is 0 Å². The van der Waals surface area contributed by atoms with Gasteiger partial charge in [0.2, 0.25) is 0 Å². The second-order valence-electron chi connectivity index (χ2n) is 7.97. The smallest absolute Gasteiger partial charge is 0.129 e. The van der Waals surface area contributed by atoms with Crippen LogP contribution in [0.3, 0.4) is 0 Å². The van der Waals surface area contributed by atoms with Crippen molar-refractivity contribution in [3.8, 4) is 11.5 Å². The lowest BCUT2D eigenvalue weighted by atomic mass is 9.87. The van der Waals surface area contributed by atoms with Crippen molar-refractivity contribution in [3.05, 3.63) is 17.7 Å². The molecule has 0 amide bonds. The molecular formula is C20H31NO2. The molecule has 2 aliphatic rings. The fourth-order valence-corrected chi connectivity index (χ4v) is 3.88. The maximum absolute atomic E-state index is 10.4. The van der Waals surface area contributed by atoms with E-state index in [4.69, 9.17) is 4.74 Å². The summed E-state index contributed by atoms with van der Waals surface area (Å²) in [6, 6.07) is 4.08. The number of nitrogens with zero attached hydrogens (tertiary/aromatic N) is 1. The summed E-state index contributed by atoms with van der Waals surface area (Å²) in [6.07, 6.45) is 7.96. The van der Waals surface area contributed by atoms with Gasteiger partial charge in [-0.15, -0.1) is 0 Å². The van der Waals surface area contributed by atoms with E-state index in [0.717, 1.165) is 55.3 Å². The third-order valence-corrected chi connectivity index (χ3v) is 5.39. The second-order valence-corrected chi connectivity index (χ2v) is 7.97. The number of aromatic hydroxyl groups is 1. The molecule has 1 unspecified atom stereocenters. The zero-order valence-corrected chi connectivity index (χ0v) is 14.9. The van der Waals surface area contributed by atoms with E-state index < -0.39 is 0 Å². The molecule has 2 heterocycles. The average Bonchev–Trinajstić information content (AvgIpc) is 3.00. The van der Waals surface area contributed by atoms with Gasteiger partial charge in [0.15, 0.2) is 0 Å². The Morgan fingerprint density at radius 3 is 2.70 bits per heavy atom. The minimum Gasteiger partial charge on any atom is -0.507 e. The van der Waals surface area contributed by atoms with Gasteiger partial charge in [0.1, 0.15) is 17.1 Å². The predicted octanol–water partition coefficient (Wildman–Crippen LogP) is 4.90. The fourth-order valence-electron chi connectivity index (χ4n) is 3.88. The molecule has 3 nitrogen and oxygen atoms in total. The number of rotatable bonds is 5. The van der Waals surface area contributed by atoms with Crippen LogP contribution < -0.4 is 9.64 Å². The molecule has 1 aromatic rings. The summed E-state index contributed by atoms with van der Waals surface area (Å²) in [6.45, 7) is 8.96. The van der Waals surface area contributed by atoms with Crippen molar-refractivity contribution in [3.63, 3.8) is 0 Å². The van der Waals surface area contributed by atoms with Gasteiger partial charge in [-0.05, 0) is 51.4 Å². The molecule has 0 saturated carbocycles. The van der Waals surface area contributed by atoms with Crippen molar-refractivity contribution < 1.29 is 9.84 Å². The molecule has 3 rings (SSSR count). The van der Waals surface area contributed by atoms with Crippen LogP contribution in [-0.4, -0.2) is 23.8 Å². The Bertz CT molecular complexity index is 549. The van der Waals surface area contributed by atoms with Gasteiger partial charge in [-0.1, -0.05) is 20.3 Å². The highest BCUT2D eigenvalue weighted by Gasteiger charge is 2.33. The van der Waals surface area contributed by atoms with E-state index in [9.17, 15) is 5.11 Å². The highest BCUT2D eigenvalue weighted by atomic mass is 16.5. The third-order valence-electron chi connectivity index (χ3n) is 5.39. The van der Waals surface area contributed by atoms with Crippen LogP contribution in [0.1, 0.15) is 64.9 Å². The number of benzene rings is 1. The lowest BCUT2D eigenvalue weighted by molar-refractivity contribution is 0.0521. The van der Waals surface area contributed by atoms with Crippen LogP contribution in [0.2, 0.25) is 0 Å². The third kappa shape index (κ3) is 3.76. The first-order chi connectivity index (χ1) is 11.0. The highest BCUT2D eigenvalue weighted by Crippen LogP contribution is 2.43. The van der Waals surface area contributed by atoms with Gasteiger partial charge in [-0.3, -0.25) is 0 Å². The Labute approximate surface area is 140 Å². The van der Waals surface area contributed by atoms with Crippen LogP contribution in [0.4, 0.5) is 5.69 Å². The van der Waals surface area contributed by atoms with Crippen LogP contribution in [0.5, 0.6) is 11.5 Å². The molecule has 0 aromatic heterocycles. The quantitative estimate of drug-likeness (QED) is 0.838. The summed E-state index contributed by atoms with van der Waals surface area (Å²) < 4.78 is 6.40. The number of fused-ring (bicyclic) bond motifs is 1. The zero-order valence-electron chi connectivity index (χ0n) is 14.9. The van der Waals surface area contributed by atoms with Crippen molar-refractivity contribution in [2.75, 3.05) is 18.0 Å². The minimum atomic E-state index is -0.0854. The normalized spacial score (nSPS) is 23.9. The van der Waals surface area contributed by atoms with Gasteiger partial charge in [0.25, 0.3) is 0 Å². The summed E-state index contributed by atoms with van der Waals surface area (Å²) in [4.78, 5) is 2.36. The molecule has 1 N–H and O–H groups in total. The molecule has 1 fully saturated rings. The molecule has 1 aromatic carbocycles. The van der Waals surface area contributed by atoms with Gasteiger partial charge in [-0.2, -0.15) is 0 Å². The highest BCUT2D eigenvalue weighted by molar-refractivity contribution is 5.60. The van der Waals surface area contributed by atoms with Crippen LogP contribution in [-0.2, 0) is 6.42 Å². The number of phenols is 1. The van der Waals surface area contributed by atoms with Gasteiger partial charge < -0.3 is 14.7 Å². The Hall–Kier alpha value is -1.38. The minimum absolute atomic E-state index is 0.0854. The van der Waals surface area contributed by atoms with Gasteiger partial charge >= 0.3 is 0 Å². The van der Waals surface area contributed by atoms with E-state index >= 15 is 0 Å². The van der Waals surface area contributed by atoms with Crippen LogP contribution in [0.15, 0.2) is 12.1 Å². The lowest BCUT2D eigenvalue weighted by Gasteiger charge is -2.37. The average molecular weight is 317 g/mol. The molecule has 0 radical (unpaired) electrons. The second kappa shape index (κ2) is 6.62. The van der Waals surface area contributed by atoms with Crippen molar-refractivity contribution in [1.82, 2.24) is 0 Å². The Morgan fingerprint density at radius 1 is 1.26 bits per heavy atom. The predicted molar refractivity (Wildman–Crippen MR) is 95.6 cm³/mol. The monoisotopic (exact) mass is 317 g/mol. The molecule has 0 bridgehead atoms. The maximum atomic E-state index is 10.4. The number of phenolic OH excluding ortho intramolecular Hbond substituents is 1. The first-order valence-electron chi connectivity index (χ1n) is 9.27. The van der Waals surface area contributed by atoms with E-state index in [1.807, 2.05) is 6.07 Å². The molecule has 23 heavy (non-hydrogen) atoms. The van der Waals surface area contributed by atoms with E-state index in [-0.39, 0.29) is 5.60 Å². The van der Waals surface area contributed by atoms with Crippen molar-refractivity contribution in [2.24, 2.45) is 5.92 Å². The molecule has 3 heteroatoms. The molecule has 128 valence electrons. The van der Waals surface area contributed by atoms with E-state index in [1.165, 1.54) is 25.7 Å². The van der Waals surface area contributed by atoms with Crippen molar-refractivity contribution in [1.29, 1.82) is 0 Å². The van der Waals surface area contributed by atoms with Crippen molar-refractivity contribution in [2.45, 2.75) is 71.3 Å². The zero-order chi connectivity index (χ0) is 16.4. The topological polar surface area (TPSA) is 32.7 Å². The lowest BCUT2D eigenvalue weighted by Crippen LogP contribution is -2.36.